The van der Waals surface area contributed by atoms with Gasteiger partial charge >= 0.3 is 0 Å². The van der Waals surface area contributed by atoms with Crippen LogP contribution in [0.5, 0.6) is 0 Å². The molecule has 0 saturated heterocycles. The number of aliphatic hydroxyl groups excluding tert-OH is 1. The molecule has 0 radical (unpaired) electrons. The van der Waals surface area contributed by atoms with Gasteiger partial charge in [0.05, 0.1) is 18.3 Å². The Morgan fingerprint density at radius 3 is 2.76 bits per heavy atom. The molecule has 0 spiro atoms. The van der Waals surface area contributed by atoms with E-state index in [-0.39, 0.29) is 30.4 Å². The molecule has 1 fully saturated rings. The van der Waals surface area contributed by atoms with E-state index in [1.807, 2.05) is 6.20 Å². The van der Waals surface area contributed by atoms with Gasteiger partial charge in [-0.05, 0) is 42.9 Å². The molecule has 2 aromatic rings. The van der Waals surface area contributed by atoms with Gasteiger partial charge < -0.3 is 10.4 Å². The van der Waals surface area contributed by atoms with Crippen LogP contribution < -0.4 is 5.32 Å². The van der Waals surface area contributed by atoms with Gasteiger partial charge in [-0.25, -0.2) is 8.78 Å². The molecule has 0 aliphatic heterocycles. The Bertz CT molecular complexity index is 757. The number of aromatic nitrogens is 2. The van der Waals surface area contributed by atoms with Crippen LogP contribution in [0.4, 0.5) is 8.78 Å². The monoisotopic (exact) mass is 349 g/mol. The van der Waals surface area contributed by atoms with Crippen molar-refractivity contribution in [3.8, 4) is 0 Å². The highest BCUT2D eigenvalue weighted by molar-refractivity contribution is 5.76. The number of aliphatic hydroxyl groups is 1. The summed E-state index contributed by atoms with van der Waals surface area (Å²) in [5.74, 6) is -1.80. The van der Waals surface area contributed by atoms with Crippen LogP contribution in [0.15, 0.2) is 30.6 Å². The molecular weight excluding hydrogens is 328 g/mol. The van der Waals surface area contributed by atoms with E-state index >= 15 is 0 Å². The van der Waals surface area contributed by atoms with Gasteiger partial charge in [-0.1, -0.05) is 6.07 Å². The van der Waals surface area contributed by atoms with Crippen molar-refractivity contribution in [1.82, 2.24) is 15.1 Å². The fraction of sp³-hybridized carbons (Fsp3) is 0.444. The van der Waals surface area contributed by atoms with Gasteiger partial charge in [0.15, 0.2) is 11.6 Å². The topological polar surface area (TPSA) is 67.2 Å². The molecule has 1 saturated carbocycles. The van der Waals surface area contributed by atoms with Crippen LogP contribution in [0.2, 0.25) is 0 Å². The lowest BCUT2D eigenvalue weighted by atomic mass is 9.75. The average molecular weight is 349 g/mol. The summed E-state index contributed by atoms with van der Waals surface area (Å²) in [6.45, 7) is 0. The van der Waals surface area contributed by atoms with E-state index in [1.54, 1.807) is 17.9 Å². The number of aryl methyl sites for hydroxylation is 2. The van der Waals surface area contributed by atoms with Crippen LogP contribution >= 0.6 is 0 Å². The predicted molar refractivity (Wildman–Crippen MR) is 87.5 cm³/mol. The highest BCUT2D eigenvalue weighted by atomic mass is 19.2. The molecule has 25 heavy (non-hydrogen) atoms. The van der Waals surface area contributed by atoms with Crippen LogP contribution in [0.25, 0.3) is 0 Å². The minimum Gasteiger partial charge on any atom is -0.393 e. The van der Waals surface area contributed by atoms with E-state index in [9.17, 15) is 18.7 Å². The maximum atomic E-state index is 13.2. The summed E-state index contributed by atoms with van der Waals surface area (Å²) in [4.78, 5) is 12.3. The predicted octanol–water partition coefficient (Wildman–Crippen LogP) is 2.26. The third-order valence-corrected chi connectivity index (χ3v) is 4.65. The van der Waals surface area contributed by atoms with Crippen LogP contribution in [0.1, 0.15) is 36.4 Å². The van der Waals surface area contributed by atoms with Crippen molar-refractivity contribution in [2.45, 2.75) is 37.8 Å². The number of halogens is 2. The van der Waals surface area contributed by atoms with Gasteiger partial charge in [-0.15, -0.1) is 0 Å². The number of carbonyl (C=O) groups excluding carboxylic acids is 1. The molecule has 1 aliphatic carbocycles. The number of hydrogen-bond acceptors (Lipinski definition) is 3. The summed E-state index contributed by atoms with van der Waals surface area (Å²) in [5.41, 5.74) is 1.48. The van der Waals surface area contributed by atoms with Crippen molar-refractivity contribution in [2.24, 2.45) is 13.0 Å². The van der Waals surface area contributed by atoms with Gasteiger partial charge in [0.2, 0.25) is 5.91 Å². The van der Waals surface area contributed by atoms with E-state index in [1.165, 1.54) is 6.07 Å². The van der Waals surface area contributed by atoms with Gasteiger partial charge in [-0.2, -0.15) is 5.10 Å². The molecule has 2 N–H and O–H groups in total. The fourth-order valence-corrected chi connectivity index (χ4v) is 3.17. The zero-order valence-corrected chi connectivity index (χ0v) is 14.0. The van der Waals surface area contributed by atoms with E-state index in [0.29, 0.717) is 24.8 Å². The van der Waals surface area contributed by atoms with E-state index in [2.05, 4.69) is 10.4 Å². The molecule has 0 unspecified atom stereocenters. The van der Waals surface area contributed by atoms with E-state index in [4.69, 9.17) is 0 Å². The molecular formula is C18H21F2N3O2. The van der Waals surface area contributed by atoms with E-state index in [0.717, 1.165) is 17.7 Å². The number of rotatable bonds is 6. The van der Waals surface area contributed by atoms with Crippen molar-refractivity contribution >= 4 is 5.91 Å². The van der Waals surface area contributed by atoms with Crippen LogP contribution in [0, 0.1) is 17.6 Å². The van der Waals surface area contributed by atoms with E-state index < -0.39 is 11.6 Å². The second-order valence-electron chi connectivity index (χ2n) is 6.63. The molecule has 1 aliphatic rings. The highest BCUT2D eigenvalue weighted by Gasteiger charge is 2.36. The molecule has 7 heteroatoms. The van der Waals surface area contributed by atoms with Gasteiger partial charge in [-0.3, -0.25) is 9.48 Å². The minimum atomic E-state index is -0.908. The van der Waals surface area contributed by atoms with Gasteiger partial charge in [0, 0.05) is 25.2 Å². The minimum absolute atomic E-state index is 0.167. The molecule has 1 aromatic carbocycles. The third-order valence-electron chi connectivity index (χ3n) is 4.65. The fourth-order valence-electron chi connectivity index (χ4n) is 3.17. The Balaban J connectivity index is 1.61. The summed E-state index contributed by atoms with van der Waals surface area (Å²) >= 11 is 0. The standard InChI is InChI=1S/C18H21F2N3O2/c1-23-10-13(9-21-23)18(12-7-14(24)8-12)22-17(25)5-3-11-2-4-15(19)16(20)6-11/h2,4,6,9-10,12,14,18,24H,3,5,7-8H2,1H3,(H,22,25)/t12?,14?,18-/m1/s1. The summed E-state index contributed by atoms with van der Waals surface area (Å²) in [6, 6.07) is 3.46. The quantitative estimate of drug-likeness (QED) is 0.841. The Kier molecular flexibility index (Phi) is 5.13. The maximum Gasteiger partial charge on any atom is 0.220 e. The Labute approximate surface area is 144 Å². The summed E-state index contributed by atoms with van der Waals surface area (Å²) in [6.07, 6.45) is 5.04. The van der Waals surface area contributed by atoms with Crippen molar-refractivity contribution in [3.05, 3.63) is 53.4 Å². The largest absolute Gasteiger partial charge is 0.393 e. The molecule has 134 valence electrons. The SMILES string of the molecule is Cn1cc([C@H](NC(=O)CCc2ccc(F)c(F)c2)C2CC(O)C2)cn1. The van der Waals surface area contributed by atoms with Crippen molar-refractivity contribution in [1.29, 1.82) is 0 Å². The number of nitrogens with one attached hydrogen (secondary N) is 1. The Morgan fingerprint density at radius 1 is 1.40 bits per heavy atom. The Hall–Kier alpha value is -2.28. The lowest BCUT2D eigenvalue weighted by Gasteiger charge is -2.37. The molecule has 1 amide bonds. The second-order valence-corrected chi connectivity index (χ2v) is 6.63. The van der Waals surface area contributed by atoms with Crippen molar-refractivity contribution in [3.63, 3.8) is 0 Å². The first kappa shape index (κ1) is 17.5. The van der Waals surface area contributed by atoms with Crippen molar-refractivity contribution < 1.29 is 18.7 Å². The average Bonchev–Trinajstić information content (AvgIpc) is 2.97. The first-order valence-corrected chi connectivity index (χ1v) is 8.32. The zero-order chi connectivity index (χ0) is 18.0. The Morgan fingerprint density at radius 2 is 2.16 bits per heavy atom. The van der Waals surface area contributed by atoms with Crippen LogP contribution in [-0.4, -0.2) is 26.9 Å². The molecule has 0 bridgehead atoms. The lowest BCUT2D eigenvalue weighted by molar-refractivity contribution is -0.123. The summed E-state index contributed by atoms with van der Waals surface area (Å²) in [5, 5.41) is 16.7. The zero-order valence-electron chi connectivity index (χ0n) is 14.0. The number of carbonyl (C=O) groups is 1. The summed E-state index contributed by atoms with van der Waals surface area (Å²) < 4.78 is 27.8. The summed E-state index contributed by atoms with van der Waals surface area (Å²) in [7, 11) is 1.81. The maximum absolute atomic E-state index is 13.2. The first-order chi connectivity index (χ1) is 11.9. The number of benzene rings is 1. The molecule has 1 atom stereocenters. The number of nitrogens with zero attached hydrogens (tertiary/aromatic N) is 2. The second kappa shape index (κ2) is 7.31. The third kappa shape index (κ3) is 4.22. The molecule has 5 nitrogen and oxygen atoms in total. The molecule has 1 heterocycles. The molecule has 1 aromatic heterocycles. The number of hydrogen-bond donors (Lipinski definition) is 2. The number of amides is 1. The van der Waals surface area contributed by atoms with Gasteiger partial charge in [0.1, 0.15) is 0 Å². The van der Waals surface area contributed by atoms with Crippen molar-refractivity contribution in [2.75, 3.05) is 0 Å². The smallest absolute Gasteiger partial charge is 0.220 e. The van der Waals surface area contributed by atoms with Crippen LogP contribution in [0.3, 0.4) is 0 Å². The normalized spacial score (nSPS) is 20.8. The highest BCUT2D eigenvalue weighted by Crippen LogP contribution is 2.38. The lowest BCUT2D eigenvalue weighted by Crippen LogP contribution is -2.41. The molecule has 3 rings (SSSR count). The van der Waals surface area contributed by atoms with Gasteiger partial charge in [0.25, 0.3) is 0 Å². The van der Waals surface area contributed by atoms with Crippen LogP contribution in [-0.2, 0) is 18.3 Å². The first-order valence-electron chi connectivity index (χ1n) is 8.32.